The van der Waals surface area contributed by atoms with Gasteiger partial charge in [-0.3, -0.25) is 19.2 Å². The lowest BCUT2D eigenvalue weighted by molar-refractivity contribution is -0.160. The number of carbonyl (C=O) groups excluding carboxylic acids is 4. The second-order valence-electron chi connectivity index (χ2n) is 13.7. The van der Waals surface area contributed by atoms with E-state index in [4.69, 9.17) is 18.9 Å². The number of phenols is 1. The molecule has 1 amide bonds. The number of rotatable bonds is 3. The number of ether oxygens (including phenoxy) is 4. The quantitative estimate of drug-likeness (QED) is 0.257. The van der Waals surface area contributed by atoms with Crippen molar-refractivity contribution in [1.82, 2.24) is 5.32 Å². The zero-order valence-corrected chi connectivity index (χ0v) is 30.1. The van der Waals surface area contributed by atoms with Crippen molar-refractivity contribution in [3.8, 4) is 11.5 Å². The molecule has 1 aliphatic carbocycles. The molecule has 4 N–H and O–H groups in total. The van der Waals surface area contributed by atoms with E-state index in [0.29, 0.717) is 0 Å². The van der Waals surface area contributed by atoms with Crippen molar-refractivity contribution < 1.29 is 53.4 Å². The van der Waals surface area contributed by atoms with Crippen molar-refractivity contribution in [3.63, 3.8) is 0 Å². The van der Waals surface area contributed by atoms with Crippen molar-refractivity contribution >= 4 is 23.4 Å². The van der Waals surface area contributed by atoms with Crippen molar-refractivity contribution in [1.29, 1.82) is 0 Å². The molecule has 0 spiro atoms. The third kappa shape index (κ3) is 7.39. The molecule has 4 aliphatic rings. The Morgan fingerprint density at radius 2 is 1.67 bits per heavy atom. The average Bonchev–Trinajstić information content (AvgIpc) is 3.38. The van der Waals surface area contributed by atoms with Crippen molar-refractivity contribution in [3.05, 3.63) is 75.1 Å². The van der Waals surface area contributed by atoms with E-state index in [1.54, 1.807) is 39.8 Å². The first-order valence-electron chi connectivity index (χ1n) is 16.7. The van der Waals surface area contributed by atoms with E-state index < -0.39 is 94.7 Å². The molecule has 0 saturated heterocycles. The minimum atomic E-state index is -1.86. The Kier molecular flexibility index (Phi) is 11.7. The molecule has 0 fully saturated rings. The summed E-state index contributed by atoms with van der Waals surface area (Å²) in [7, 11) is 1.42. The van der Waals surface area contributed by atoms with Crippen LogP contribution >= 0.6 is 0 Å². The van der Waals surface area contributed by atoms with Gasteiger partial charge in [0, 0.05) is 73.0 Å². The maximum absolute atomic E-state index is 13.7. The largest absolute Gasteiger partial charge is 0.507 e. The van der Waals surface area contributed by atoms with Gasteiger partial charge in [0.05, 0.1) is 35.8 Å². The topological polar surface area (TPSA) is 207 Å². The number of aliphatic hydroxyl groups is 2. The zero-order chi connectivity index (χ0) is 38.1. The highest BCUT2D eigenvalue weighted by Crippen LogP contribution is 2.54. The molecule has 0 radical (unpaired) electrons. The van der Waals surface area contributed by atoms with E-state index in [1.165, 1.54) is 53.2 Å². The van der Waals surface area contributed by atoms with Gasteiger partial charge in [0.1, 0.15) is 17.6 Å². The number of aliphatic hydroxyl groups excluding tert-OH is 2. The maximum Gasteiger partial charge on any atom is 0.302 e. The van der Waals surface area contributed by atoms with E-state index >= 15 is 0 Å². The number of aromatic hydroxyl groups is 1. The van der Waals surface area contributed by atoms with Crippen LogP contribution in [0.1, 0.15) is 86.4 Å². The maximum atomic E-state index is 13.7. The van der Waals surface area contributed by atoms with Gasteiger partial charge in [-0.15, -0.1) is 4.91 Å². The standard InChI is InChI=1S/C37H46N2O12/c1-16-11-10-12-17(2)36(46)38-23-15-24(41)26-27(32(23)45)31(44)21(6)34-28(26)35(39-47)37(8,51-34)49-14-13-25(48-9)18(3)33(50-22(7)40)20(5)30(43)19(4)29(16)42/h10-16,18-20,25,29-30,33,35,42-44H,1-9H3,(H,38,46)/t16-,18+,19+,20+,25-,29-,30+,33+,35?,37-/m0/s1. The summed E-state index contributed by atoms with van der Waals surface area (Å²) >= 11 is 0. The number of ketones is 2. The molecule has 14 nitrogen and oxygen atoms in total. The summed E-state index contributed by atoms with van der Waals surface area (Å²) < 4.78 is 23.4. The molecule has 0 aromatic heterocycles. The molecule has 3 aliphatic heterocycles. The highest BCUT2D eigenvalue weighted by atomic mass is 16.7. The molecule has 14 heteroatoms. The number of esters is 1. The van der Waals surface area contributed by atoms with Gasteiger partial charge in [-0.05, 0) is 19.9 Å². The molecule has 276 valence electrons. The molecule has 10 atom stereocenters. The molecule has 5 rings (SSSR count). The van der Waals surface area contributed by atoms with Crippen LogP contribution in [0, 0.1) is 35.5 Å². The van der Waals surface area contributed by atoms with Gasteiger partial charge >= 0.3 is 5.97 Å². The van der Waals surface area contributed by atoms with Crippen molar-refractivity contribution in [2.75, 3.05) is 7.11 Å². The monoisotopic (exact) mass is 710 g/mol. The number of amides is 1. The number of nitroso groups, excluding NO2 is 1. The molecule has 51 heavy (non-hydrogen) atoms. The number of nitrogens with zero attached hydrogens (tertiary/aromatic N) is 1. The SMILES string of the molecule is CO[C@H]1C=CO[C@@]2(C)Oc3c(C)c(O)c4c(c3C2N=O)C(=O)C=C(NC(=O)C(C)=CC=C[C@H](C)[C@H](O)[C@@H](C)[C@@H](O)[C@@H](C)[C@H](OC(C)=O)[C@@H]1C)C4=O. The fourth-order valence-corrected chi connectivity index (χ4v) is 6.92. The van der Waals surface area contributed by atoms with Gasteiger partial charge in [0.2, 0.25) is 5.78 Å². The molecular formula is C37H46N2O12. The molecule has 1 aromatic rings. The number of benzene rings is 1. The Hall–Kier alpha value is -4.66. The van der Waals surface area contributed by atoms with E-state index in [-0.39, 0.29) is 33.7 Å². The summed E-state index contributed by atoms with van der Waals surface area (Å²) in [5.74, 6) is -7.90. The minimum absolute atomic E-state index is 0.0415. The van der Waals surface area contributed by atoms with Gasteiger partial charge < -0.3 is 39.6 Å². The van der Waals surface area contributed by atoms with E-state index in [9.17, 15) is 39.4 Å². The fourth-order valence-electron chi connectivity index (χ4n) is 6.92. The van der Waals surface area contributed by atoms with Gasteiger partial charge in [-0.25, -0.2) is 0 Å². The van der Waals surface area contributed by atoms with Crippen LogP contribution in [0.4, 0.5) is 0 Å². The van der Waals surface area contributed by atoms with Gasteiger partial charge in [-0.2, -0.15) is 0 Å². The van der Waals surface area contributed by atoms with Crippen molar-refractivity contribution in [2.45, 2.75) is 91.6 Å². The number of allylic oxidation sites excluding steroid dienone is 4. The van der Waals surface area contributed by atoms with Gasteiger partial charge in [-0.1, -0.05) is 51.1 Å². The number of phenolic OH excluding ortho intramolecular Hbond substituents is 1. The fraction of sp³-hybridized carbons (Fsp3) is 0.514. The number of fused-ring (bicyclic) bond motifs is 14. The van der Waals surface area contributed by atoms with Gasteiger partial charge in [0.25, 0.3) is 11.7 Å². The van der Waals surface area contributed by atoms with Crippen LogP contribution in [0.5, 0.6) is 11.5 Å². The number of nitrogens with one attached hydrogen (secondary N) is 1. The summed E-state index contributed by atoms with van der Waals surface area (Å²) in [5, 5.41) is 39.4. The molecule has 5 bridgehead atoms. The molecular weight excluding hydrogens is 664 g/mol. The predicted octanol–water partition coefficient (Wildman–Crippen LogP) is 4.26. The third-order valence-electron chi connectivity index (χ3n) is 10.1. The first-order chi connectivity index (χ1) is 23.9. The second kappa shape index (κ2) is 15.3. The molecule has 1 unspecified atom stereocenters. The lowest BCUT2D eigenvalue weighted by atomic mass is 9.78. The summed E-state index contributed by atoms with van der Waals surface area (Å²) in [6.45, 7) is 12.4. The highest BCUT2D eigenvalue weighted by molar-refractivity contribution is 6.27. The van der Waals surface area contributed by atoms with Crippen LogP contribution in [0.2, 0.25) is 0 Å². The summed E-state index contributed by atoms with van der Waals surface area (Å²) in [6, 6.07) is -1.49. The first kappa shape index (κ1) is 39.1. The van der Waals surface area contributed by atoms with E-state index in [2.05, 4.69) is 10.5 Å². The Labute approximate surface area is 296 Å². The predicted molar refractivity (Wildman–Crippen MR) is 183 cm³/mol. The van der Waals surface area contributed by atoms with Crippen LogP contribution < -0.4 is 10.1 Å². The summed E-state index contributed by atoms with van der Waals surface area (Å²) in [5.41, 5.74) is -0.969. The van der Waals surface area contributed by atoms with Crippen LogP contribution in [-0.2, 0) is 23.8 Å². The average molecular weight is 711 g/mol. The summed E-state index contributed by atoms with van der Waals surface area (Å²) in [4.78, 5) is 65.1. The Balaban J connectivity index is 1.85. The smallest absolute Gasteiger partial charge is 0.302 e. The van der Waals surface area contributed by atoms with Gasteiger partial charge in [0.15, 0.2) is 11.8 Å². The molecule has 0 saturated carbocycles. The van der Waals surface area contributed by atoms with Crippen LogP contribution in [0.25, 0.3) is 0 Å². The van der Waals surface area contributed by atoms with Crippen LogP contribution in [-0.4, -0.2) is 76.1 Å². The number of Topliss-reactive ketones (excluding diaryl/α,β-unsaturated/α-hetero) is 1. The molecule has 1 aromatic carbocycles. The second-order valence-corrected chi connectivity index (χ2v) is 13.7. The van der Waals surface area contributed by atoms with E-state index in [1.807, 2.05) is 0 Å². The Morgan fingerprint density at radius 3 is 2.27 bits per heavy atom. The lowest BCUT2D eigenvalue weighted by Crippen LogP contribution is -2.46. The molecule has 3 heterocycles. The van der Waals surface area contributed by atoms with Crippen molar-refractivity contribution in [2.24, 2.45) is 28.8 Å². The van der Waals surface area contributed by atoms with E-state index in [0.717, 1.165) is 6.08 Å². The Bertz CT molecular complexity index is 1730. The first-order valence-corrected chi connectivity index (χ1v) is 16.7. The Morgan fingerprint density at radius 1 is 1.00 bits per heavy atom. The lowest BCUT2D eigenvalue weighted by Gasteiger charge is -2.38. The third-order valence-corrected chi connectivity index (χ3v) is 10.1. The number of hydrogen-bond donors (Lipinski definition) is 4. The number of methoxy groups -OCH3 is 1. The zero-order valence-electron chi connectivity index (χ0n) is 30.1. The normalized spacial score (nSPS) is 33.1. The highest BCUT2D eigenvalue weighted by Gasteiger charge is 2.53. The number of carbonyl (C=O) groups is 4. The van der Waals surface area contributed by atoms with Crippen LogP contribution in [0.3, 0.4) is 0 Å². The van der Waals surface area contributed by atoms with Crippen LogP contribution in [0.15, 0.2) is 53.1 Å². The number of hydrogen-bond acceptors (Lipinski definition) is 13. The minimum Gasteiger partial charge on any atom is -0.507 e. The summed E-state index contributed by atoms with van der Waals surface area (Å²) in [6.07, 6.45) is 4.40.